The first-order chi connectivity index (χ1) is 21.1. The van der Waals surface area contributed by atoms with E-state index in [4.69, 9.17) is 15.0 Å². The van der Waals surface area contributed by atoms with Crippen molar-refractivity contribution in [3.05, 3.63) is 145 Å². The topological polar surface area (TPSA) is 38.7 Å². The predicted octanol–water partition coefficient (Wildman–Crippen LogP) is 10.5. The van der Waals surface area contributed by atoms with E-state index < -0.39 is 0 Å². The minimum Gasteiger partial charge on any atom is -0.213 e. The average molecular weight is 556 g/mol. The van der Waals surface area contributed by atoms with Crippen LogP contribution in [-0.2, 0) is 0 Å². The fraction of sp³-hybridized carbons (Fsp3) is 0.125. The van der Waals surface area contributed by atoms with Crippen molar-refractivity contribution in [2.75, 3.05) is 0 Å². The van der Waals surface area contributed by atoms with Gasteiger partial charge in [-0.05, 0) is 108 Å². The molecule has 5 aromatic carbocycles. The highest BCUT2D eigenvalue weighted by Gasteiger charge is 2.28. The van der Waals surface area contributed by atoms with Gasteiger partial charge in [0, 0.05) is 17.0 Å². The second-order valence-corrected chi connectivity index (χ2v) is 11.3. The molecule has 43 heavy (non-hydrogen) atoms. The van der Waals surface area contributed by atoms with Gasteiger partial charge in [-0.1, -0.05) is 97.1 Å². The van der Waals surface area contributed by atoms with Gasteiger partial charge < -0.3 is 0 Å². The van der Waals surface area contributed by atoms with Crippen LogP contribution in [-0.4, -0.2) is 15.0 Å². The molecule has 1 aliphatic rings. The molecule has 208 valence electrons. The Kier molecular flexibility index (Phi) is 7.22. The first kappa shape index (κ1) is 26.7. The van der Waals surface area contributed by atoms with Crippen LogP contribution in [0.1, 0.15) is 44.0 Å². The molecule has 3 nitrogen and oxygen atoms in total. The first-order valence-corrected chi connectivity index (χ1v) is 15.0. The maximum absolute atomic E-state index is 5.17. The Morgan fingerprint density at radius 3 is 1.35 bits per heavy atom. The molecule has 3 heteroatoms. The molecule has 1 heterocycles. The maximum Gasteiger partial charge on any atom is 0.163 e. The van der Waals surface area contributed by atoms with Gasteiger partial charge in [0.25, 0.3) is 0 Å². The van der Waals surface area contributed by atoms with E-state index in [0.29, 0.717) is 5.92 Å². The highest BCUT2D eigenvalue weighted by molar-refractivity contribution is 5.81. The Labute approximate surface area is 253 Å². The fourth-order valence-corrected chi connectivity index (χ4v) is 5.47. The molecule has 1 fully saturated rings. The lowest BCUT2D eigenvalue weighted by molar-refractivity contribution is 0.899. The van der Waals surface area contributed by atoms with Crippen LogP contribution in [0, 0.1) is 0 Å². The SMILES string of the molecule is CC=C(C)c1cc(-c2ccccc2)cc(-c2nc(-c3cc(-c4ccccc4)cc(-c4ccccc4)c3)nc(C3CC3)n2)c1. The molecule has 6 aromatic rings. The van der Waals surface area contributed by atoms with E-state index in [9.17, 15) is 0 Å². The monoisotopic (exact) mass is 555 g/mol. The number of nitrogens with zero attached hydrogens (tertiary/aromatic N) is 3. The molecule has 0 saturated heterocycles. The standard InChI is InChI=1S/C40H33N3/c1-3-27(2)32-21-33(28-13-7-4-8-14-28)24-36(22-32)39-41-38(31-19-20-31)42-40(43-39)37-25-34(29-15-9-5-10-16-29)23-35(26-37)30-17-11-6-12-18-30/h3-18,21-26,31H,19-20H2,1-2H3. The molecule has 0 bridgehead atoms. The predicted molar refractivity (Wildman–Crippen MR) is 178 cm³/mol. The molecule has 0 N–H and O–H groups in total. The molecule has 0 aliphatic heterocycles. The highest BCUT2D eigenvalue weighted by Crippen LogP contribution is 2.40. The first-order valence-electron chi connectivity index (χ1n) is 15.0. The van der Waals surface area contributed by atoms with Crippen molar-refractivity contribution in [3.63, 3.8) is 0 Å². The van der Waals surface area contributed by atoms with Crippen molar-refractivity contribution in [1.29, 1.82) is 0 Å². The van der Waals surface area contributed by atoms with E-state index >= 15 is 0 Å². The minimum atomic E-state index is 0.389. The minimum absolute atomic E-state index is 0.389. The molecule has 0 amide bonds. The maximum atomic E-state index is 5.17. The molecule has 0 radical (unpaired) electrons. The van der Waals surface area contributed by atoms with Crippen LogP contribution in [0.15, 0.2) is 133 Å². The van der Waals surface area contributed by atoms with Crippen LogP contribution in [0.25, 0.3) is 61.7 Å². The van der Waals surface area contributed by atoms with Crippen molar-refractivity contribution in [3.8, 4) is 56.2 Å². The van der Waals surface area contributed by atoms with Crippen molar-refractivity contribution in [2.24, 2.45) is 0 Å². The molecular formula is C40H33N3. The van der Waals surface area contributed by atoms with Crippen LogP contribution in [0.5, 0.6) is 0 Å². The summed E-state index contributed by atoms with van der Waals surface area (Å²) in [6, 6.07) is 45.0. The second-order valence-electron chi connectivity index (χ2n) is 11.3. The van der Waals surface area contributed by atoms with Crippen molar-refractivity contribution in [1.82, 2.24) is 15.0 Å². The third kappa shape index (κ3) is 5.80. The normalized spacial score (nSPS) is 13.2. The molecule has 0 atom stereocenters. The van der Waals surface area contributed by atoms with Crippen LogP contribution >= 0.6 is 0 Å². The smallest absolute Gasteiger partial charge is 0.163 e. The van der Waals surface area contributed by atoms with Gasteiger partial charge in [-0.2, -0.15) is 0 Å². The Balaban J connectivity index is 1.42. The Bertz CT molecular complexity index is 1860. The van der Waals surface area contributed by atoms with E-state index in [-0.39, 0.29) is 0 Å². The van der Waals surface area contributed by atoms with Crippen LogP contribution < -0.4 is 0 Å². The number of aromatic nitrogens is 3. The molecule has 0 spiro atoms. The number of rotatable bonds is 7. The van der Waals surface area contributed by atoms with E-state index in [1.807, 2.05) is 0 Å². The summed E-state index contributed by atoms with van der Waals surface area (Å²) in [5.74, 6) is 2.72. The van der Waals surface area contributed by atoms with Gasteiger partial charge in [0.05, 0.1) is 0 Å². The third-order valence-electron chi connectivity index (χ3n) is 8.19. The molecule has 1 aromatic heterocycles. The number of allylic oxidation sites excluding steroid dienone is 2. The molecule has 1 aliphatic carbocycles. The molecule has 0 unspecified atom stereocenters. The van der Waals surface area contributed by atoms with E-state index in [2.05, 4.69) is 147 Å². The zero-order valence-corrected chi connectivity index (χ0v) is 24.5. The van der Waals surface area contributed by atoms with Gasteiger partial charge in [-0.25, -0.2) is 15.0 Å². The summed E-state index contributed by atoms with van der Waals surface area (Å²) in [6.07, 6.45) is 4.40. The molecule has 7 rings (SSSR count). The zero-order chi connectivity index (χ0) is 29.2. The van der Waals surface area contributed by atoms with E-state index in [1.54, 1.807) is 0 Å². The lowest BCUT2D eigenvalue weighted by Gasteiger charge is -2.14. The second kappa shape index (κ2) is 11.6. The summed E-state index contributed by atoms with van der Waals surface area (Å²) < 4.78 is 0. The lowest BCUT2D eigenvalue weighted by atomic mass is 9.95. The Morgan fingerprint density at radius 2 is 0.907 bits per heavy atom. The van der Waals surface area contributed by atoms with Gasteiger partial charge in [-0.3, -0.25) is 0 Å². The van der Waals surface area contributed by atoms with Gasteiger partial charge in [0.2, 0.25) is 0 Å². The summed E-state index contributed by atoms with van der Waals surface area (Å²) in [5, 5.41) is 0. The molecular weight excluding hydrogens is 522 g/mol. The van der Waals surface area contributed by atoms with E-state index in [0.717, 1.165) is 58.1 Å². The Morgan fingerprint density at radius 1 is 0.512 bits per heavy atom. The third-order valence-corrected chi connectivity index (χ3v) is 8.19. The van der Waals surface area contributed by atoms with Crippen molar-refractivity contribution >= 4 is 5.57 Å². The summed E-state index contributed by atoms with van der Waals surface area (Å²) in [6.45, 7) is 4.24. The summed E-state index contributed by atoms with van der Waals surface area (Å²) >= 11 is 0. The summed E-state index contributed by atoms with van der Waals surface area (Å²) in [4.78, 5) is 15.3. The van der Waals surface area contributed by atoms with Crippen LogP contribution in [0.4, 0.5) is 0 Å². The number of benzene rings is 5. The van der Waals surface area contributed by atoms with Crippen LogP contribution in [0.3, 0.4) is 0 Å². The van der Waals surface area contributed by atoms with Gasteiger partial charge in [0.1, 0.15) is 5.82 Å². The summed E-state index contributed by atoms with van der Waals surface area (Å²) in [5.41, 5.74) is 11.3. The lowest BCUT2D eigenvalue weighted by Crippen LogP contribution is -2.03. The van der Waals surface area contributed by atoms with Gasteiger partial charge in [0.15, 0.2) is 11.6 Å². The largest absolute Gasteiger partial charge is 0.213 e. The van der Waals surface area contributed by atoms with Crippen molar-refractivity contribution < 1.29 is 0 Å². The van der Waals surface area contributed by atoms with Gasteiger partial charge >= 0.3 is 0 Å². The van der Waals surface area contributed by atoms with Crippen LogP contribution in [0.2, 0.25) is 0 Å². The quantitative estimate of drug-likeness (QED) is 0.197. The molecule has 1 saturated carbocycles. The van der Waals surface area contributed by atoms with Gasteiger partial charge in [-0.15, -0.1) is 0 Å². The zero-order valence-electron chi connectivity index (χ0n) is 24.5. The summed E-state index contributed by atoms with van der Waals surface area (Å²) in [7, 11) is 0. The highest BCUT2D eigenvalue weighted by atomic mass is 15.0. The van der Waals surface area contributed by atoms with Crippen molar-refractivity contribution in [2.45, 2.75) is 32.6 Å². The average Bonchev–Trinajstić information content (AvgIpc) is 3.95. The fourth-order valence-electron chi connectivity index (χ4n) is 5.47. The number of hydrogen-bond acceptors (Lipinski definition) is 3. The number of hydrogen-bond donors (Lipinski definition) is 0. The Hall–Kier alpha value is -5.15. The van der Waals surface area contributed by atoms with E-state index in [1.165, 1.54) is 27.8 Å².